The minimum absolute atomic E-state index is 0.0447. The first kappa shape index (κ1) is 22.2. The van der Waals surface area contributed by atoms with Crippen LogP contribution in [0.5, 0.6) is 11.5 Å². The van der Waals surface area contributed by atoms with Crippen molar-refractivity contribution in [2.75, 3.05) is 26.1 Å². The van der Waals surface area contributed by atoms with Crippen LogP contribution in [0.15, 0.2) is 12.1 Å². The summed E-state index contributed by atoms with van der Waals surface area (Å²) < 4.78 is 12.2. The molecule has 0 spiro atoms. The Balaban J connectivity index is 2.21. The third-order valence-corrected chi connectivity index (χ3v) is 4.31. The van der Waals surface area contributed by atoms with E-state index in [0.29, 0.717) is 41.3 Å². The molecule has 0 saturated carbocycles. The van der Waals surface area contributed by atoms with Gasteiger partial charge in [-0.15, -0.1) is 0 Å². The molecule has 29 heavy (non-hydrogen) atoms. The van der Waals surface area contributed by atoms with Crippen LogP contribution in [0.4, 0.5) is 5.82 Å². The third-order valence-electron chi connectivity index (χ3n) is 4.31. The molecule has 0 fully saturated rings. The second kappa shape index (κ2) is 9.90. The Morgan fingerprint density at radius 1 is 1.21 bits per heavy atom. The lowest BCUT2D eigenvalue weighted by Gasteiger charge is -2.16. The van der Waals surface area contributed by atoms with Gasteiger partial charge in [-0.1, -0.05) is 0 Å². The summed E-state index contributed by atoms with van der Waals surface area (Å²) in [6, 6.07) is 3.59. The summed E-state index contributed by atoms with van der Waals surface area (Å²) >= 11 is 0. The summed E-state index contributed by atoms with van der Waals surface area (Å²) in [7, 11) is 3.09. The van der Waals surface area contributed by atoms with Gasteiger partial charge < -0.3 is 20.1 Å². The summed E-state index contributed by atoms with van der Waals surface area (Å²) in [5.41, 5.74) is 1.27. The molecule has 0 bridgehead atoms. The van der Waals surface area contributed by atoms with Crippen molar-refractivity contribution >= 4 is 28.6 Å². The molecule has 1 aromatic heterocycles. The van der Waals surface area contributed by atoms with Crippen molar-refractivity contribution in [1.29, 1.82) is 10.8 Å². The number of nitrogens with zero attached hydrogens (tertiary/aromatic N) is 2. The summed E-state index contributed by atoms with van der Waals surface area (Å²) in [4.78, 5) is 16.2. The Labute approximate surface area is 170 Å². The second-order valence-electron chi connectivity index (χ2n) is 7.03. The summed E-state index contributed by atoms with van der Waals surface area (Å²) in [5, 5.41) is 22.6. The average molecular weight is 402 g/mol. The van der Waals surface area contributed by atoms with Crippen molar-refractivity contribution in [3.8, 4) is 11.5 Å². The number of unbranched alkanes of at least 4 members (excludes halogenated alkanes) is 1. The fourth-order valence-electron chi connectivity index (χ4n) is 3.01. The van der Waals surface area contributed by atoms with E-state index in [4.69, 9.17) is 20.3 Å². The molecule has 9 heteroatoms. The number of fused-ring (bicyclic) bond motifs is 1. The van der Waals surface area contributed by atoms with E-state index in [1.807, 2.05) is 13.8 Å². The molecule has 0 aliphatic heterocycles. The molecule has 0 saturated heterocycles. The van der Waals surface area contributed by atoms with Crippen LogP contribution in [0, 0.1) is 10.8 Å². The van der Waals surface area contributed by atoms with E-state index in [0.717, 1.165) is 12.8 Å². The number of methoxy groups -OCH3 is 2. The van der Waals surface area contributed by atoms with Crippen LogP contribution in [0.3, 0.4) is 0 Å². The van der Waals surface area contributed by atoms with Crippen LogP contribution in [0.25, 0.3) is 11.0 Å². The molecule has 2 rings (SSSR count). The average Bonchev–Trinajstić information content (AvgIpc) is 2.66. The minimum atomic E-state index is 0.0447. The van der Waals surface area contributed by atoms with Gasteiger partial charge in [-0.05, 0) is 33.6 Å². The second-order valence-corrected chi connectivity index (χ2v) is 7.03. The fraction of sp³-hybridized carbons (Fsp3) is 0.500. The highest BCUT2D eigenvalue weighted by molar-refractivity contribution is 5.92. The van der Waals surface area contributed by atoms with Crippen LogP contribution in [0.1, 0.15) is 40.0 Å². The molecule has 0 radical (unpaired) electrons. The molecule has 9 nitrogen and oxygen atoms in total. The van der Waals surface area contributed by atoms with Crippen LogP contribution in [-0.4, -0.2) is 48.1 Å². The molecule has 1 amide bonds. The van der Waals surface area contributed by atoms with E-state index in [1.165, 1.54) is 11.7 Å². The van der Waals surface area contributed by atoms with Gasteiger partial charge in [-0.2, -0.15) is 0 Å². The Morgan fingerprint density at radius 3 is 2.45 bits per heavy atom. The quantitative estimate of drug-likeness (QED) is 0.291. The number of benzene rings is 1. The number of carbonyl (C=O) groups excluding carboxylic acids is 1. The van der Waals surface area contributed by atoms with Crippen molar-refractivity contribution in [3.63, 3.8) is 0 Å². The van der Waals surface area contributed by atoms with E-state index in [-0.39, 0.29) is 23.3 Å². The smallest absolute Gasteiger partial charge is 0.220 e. The molecule has 0 unspecified atom stereocenters. The SMILES string of the molecule is COc1cc2nc(NCCCCC(=O)NC(C)C)c(=N)n(C(C)=N)c2cc1OC. The molecule has 0 aliphatic carbocycles. The first-order chi connectivity index (χ1) is 13.8. The largest absolute Gasteiger partial charge is 0.493 e. The number of ether oxygens (including phenoxy) is 2. The maximum absolute atomic E-state index is 11.7. The summed E-state index contributed by atoms with van der Waals surface area (Å²) in [6.45, 7) is 6.06. The Hall–Kier alpha value is -3.10. The zero-order valence-electron chi connectivity index (χ0n) is 17.7. The maximum atomic E-state index is 11.7. The van der Waals surface area contributed by atoms with Gasteiger partial charge in [0.25, 0.3) is 0 Å². The summed E-state index contributed by atoms with van der Waals surface area (Å²) in [5.74, 6) is 1.66. The molecular formula is C20H30N6O3. The van der Waals surface area contributed by atoms with E-state index in [9.17, 15) is 4.79 Å². The van der Waals surface area contributed by atoms with Gasteiger partial charge in [0.2, 0.25) is 5.91 Å². The van der Waals surface area contributed by atoms with Crippen molar-refractivity contribution in [2.45, 2.75) is 46.1 Å². The number of nitrogens with one attached hydrogen (secondary N) is 4. The number of rotatable bonds is 9. The molecule has 4 N–H and O–H groups in total. The van der Waals surface area contributed by atoms with Gasteiger partial charge in [0.05, 0.1) is 25.3 Å². The van der Waals surface area contributed by atoms with E-state index < -0.39 is 0 Å². The van der Waals surface area contributed by atoms with Gasteiger partial charge >= 0.3 is 0 Å². The highest BCUT2D eigenvalue weighted by Crippen LogP contribution is 2.31. The van der Waals surface area contributed by atoms with Gasteiger partial charge in [-0.25, -0.2) is 4.98 Å². The lowest BCUT2D eigenvalue weighted by atomic mass is 10.2. The third kappa shape index (κ3) is 5.46. The monoisotopic (exact) mass is 402 g/mol. The molecule has 2 aromatic rings. The first-order valence-corrected chi connectivity index (χ1v) is 9.60. The van der Waals surface area contributed by atoms with E-state index >= 15 is 0 Å². The number of hydrogen-bond acceptors (Lipinski definition) is 7. The van der Waals surface area contributed by atoms with Gasteiger partial charge in [-0.3, -0.25) is 20.2 Å². The number of carbonyl (C=O) groups is 1. The minimum Gasteiger partial charge on any atom is -0.493 e. The van der Waals surface area contributed by atoms with Crippen molar-refractivity contribution in [2.24, 2.45) is 0 Å². The lowest BCUT2D eigenvalue weighted by Crippen LogP contribution is -2.30. The Kier molecular flexibility index (Phi) is 7.58. The zero-order valence-corrected chi connectivity index (χ0v) is 17.7. The van der Waals surface area contributed by atoms with Crippen LogP contribution in [0.2, 0.25) is 0 Å². The van der Waals surface area contributed by atoms with Crippen LogP contribution >= 0.6 is 0 Å². The molecule has 1 heterocycles. The molecule has 0 aliphatic rings. The van der Waals surface area contributed by atoms with Crippen molar-refractivity contribution < 1.29 is 14.3 Å². The van der Waals surface area contributed by atoms with Gasteiger partial charge in [0.15, 0.2) is 22.8 Å². The van der Waals surface area contributed by atoms with Crippen LogP contribution in [-0.2, 0) is 4.79 Å². The topological polar surface area (TPSA) is 125 Å². The highest BCUT2D eigenvalue weighted by atomic mass is 16.5. The molecular weight excluding hydrogens is 372 g/mol. The highest BCUT2D eigenvalue weighted by Gasteiger charge is 2.14. The number of aromatic nitrogens is 2. The van der Waals surface area contributed by atoms with Crippen molar-refractivity contribution in [3.05, 3.63) is 17.6 Å². The molecule has 158 valence electrons. The maximum Gasteiger partial charge on any atom is 0.220 e. The van der Waals surface area contributed by atoms with E-state index in [2.05, 4.69) is 15.6 Å². The Bertz CT molecular complexity index is 951. The number of anilines is 1. The predicted molar refractivity (Wildman–Crippen MR) is 113 cm³/mol. The first-order valence-electron chi connectivity index (χ1n) is 9.60. The molecule has 1 aromatic carbocycles. The van der Waals surface area contributed by atoms with E-state index in [1.54, 1.807) is 26.2 Å². The zero-order chi connectivity index (χ0) is 21.6. The predicted octanol–water partition coefficient (Wildman–Crippen LogP) is 2.49. The standard InChI is InChI=1S/C20H30N6O3/c1-12(2)24-18(27)8-6-7-9-23-20-19(22)26(13(3)21)15-11-17(29-5)16(28-4)10-14(15)25-20/h10-12,21-22H,6-9H2,1-5H3,(H,23,25)(H,24,27). The number of amides is 1. The Morgan fingerprint density at radius 2 is 1.86 bits per heavy atom. The fourth-order valence-corrected chi connectivity index (χ4v) is 3.01. The summed E-state index contributed by atoms with van der Waals surface area (Å²) in [6.07, 6.45) is 1.97. The number of hydrogen-bond donors (Lipinski definition) is 4. The van der Waals surface area contributed by atoms with Gasteiger partial charge in [0, 0.05) is 31.1 Å². The molecule has 0 atom stereocenters. The van der Waals surface area contributed by atoms with Crippen LogP contribution < -0.4 is 25.6 Å². The van der Waals surface area contributed by atoms with Gasteiger partial charge in [0.1, 0.15) is 5.84 Å². The normalized spacial score (nSPS) is 10.8. The van der Waals surface area contributed by atoms with Crippen molar-refractivity contribution in [1.82, 2.24) is 14.9 Å². The lowest BCUT2D eigenvalue weighted by molar-refractivity contribution is -0.121.